The molecule has 0 aromatic carbocycles. The Morgan fingerprint density at radius 2 is 2.04 bits per heavy atom. The Morgan fingerprint density at radius 1 is 1.30 bits per heavy atom. The summed E-state index contributed by atoms with van der Waals surface area (Å²) in [5, 5.41) is 0. The molecule has 2 fully saturated rings. The maximum atomic E-state index is 12.3. The highest BCUT2D eigenvalue weighted by Gasteiger charge is 2.35. The molecule has 0 bridgehead atoms. The molecular formula is C16H24N2O3S2. The third kappa shape index (κ3) is 3.78. The highest BCUT2D eigenvalue weighted by molar-refractivity contribution is 7.91. The molecule has 1 atom stereocenters. The minimum absolute atomic E-state index is 0.0866. The first kappa shape index (κ1) is 16.9. The number of rotatable bonds is 6. The van der Waals surface area contributed by atoms with Gasteiger partial charge in [-0.1, -0.05) is 19.8 Å². The van der Waals surface area contributed by atoms with Crippen LogP contribution in [0.25, 0.3) is 0 Å². The van der Waals surface area contributed by atoms with Crippen molar-refractivity contribution >= 4 is 27.3 Å². The standard InChI is InChI=1S/C16H24N2O3S2/c1-2-14-7-8-16(22-14)23(20,21)17-10-12-9-15(19)18(11-12)13-5-3-4-6-13/h7-8,12-13,17H,2-6,9-11H2,1H3/t12-/m1/s1. The van der Waals surface area contributed by atoms with E-state index in [1.165, 1.54) is 24.2 Å². The second-order valence-corrected chi connectivity index (χ2v) is 9.64. The van der Waals surface area contributed by atoms with Gasteiger partial charge in [-0.15, -0.1) is 11.3 Å². The van der Waals surface area contributed by atoms with Crippen molar-refractivity contribution in [1.82, 2.24) is 9.62 Å². The Morgan fingerprint density at radius 3 is 2.70 bits per heavy atom. The summed E-state index contributed by atoms with van der Waals surface area (Å²) in [5.41, 5.74) is 0. The van der Waals surface area contributed by atoms with Crippen LogP contribution < -0.4 is 4.72 Å². The van der Waals surface area contributed by atoms with Crippen LogP contribution in [-0.4, -0.2) is 38.4 Å². The van der Waals surface area contributed by atoms with Crippen molar-refractivity contribution in [2.75, 3.05) is 13.1 Å². The van der Waals surface area contributed by atoms with Crippen LogP contribution in [0.1, 0.15) is 43.9 Å². The highest BCUT2D eigenvalue weighted by Crippen LogP contribution is 2.29. The zero-order chi connectivity index (χ0) is 16.4. The van der Waals surface area contributed by atoms with Crippen LogP contribution in [0.5, 0.6) is 0 Å². The number of sulfonamides is 1. The molecule has 1 aliphatic heterocycles. The summed E-state index contributed by atoms with van der Waals surface area (Å²) in [5.74, 6) is 0.272. The van der Waals surface area contributed by atoms with Crippen LogP contribution in [0, 0.1) is 5.92 Å². The second kappa shape index (κ2) is 6.91. The SMILES string of the molecule is CCc1ccc(S(=O)(=O)NC[C@H]2CC(=O)N(C3CCCC3)C2)s1. The van der Waals surface area contributed by atoms with Crippen LogP contribution in [-0.2, 0) is 21.2 Å². The summed E-state index contributed by atoms with van der Waals surface area (Å²) < 4.78 is 27.7. The molecule has 1 N–H and O–H groups in total. The van der Waals surface area contributed by atoms with Gasteiger partial charge in [0.1, 0.15) is 4.21 Å². The van der Waals surface area contributed by atoms with Gasteiger partial charge in [0.15, 0.2) is 0 Å². The molecule has 5 nitrogen and oxygen atoms in total. The van der Waals surface area contributed by atoms with Crippen molar-refractivity contribution in [3.8, 4) is 0 Å². The lowest BCUT2D eigenvalue weighted by molar-refractivity contribution is -0.129. The number of amides is 1. The summed E-state index contributed by atoms with van der Waals surface area (Å²) in [7, 11) is -3.45. The molecule has 128 valence electrons. The maximum Gasteiger partial charge on any atom is 0.250 e. The van der Waals surface area contributed by atoms with Crippen LogP contribution in [0.3, 0.4) is 0 Å². The monoisotopic (exact) mass is 356 g/mol. The van der Waals surface area contributed by atoms with Gasteiger partial charge >= 0.3 is 0 Å². The molecule has 7 heteroatoms. The third-order valence-corrected chi connectivity index (χ3v) is 7.96. The van der Waals surface area contributed by atoms with Crippen molar-refractivity contribution < 1.29 is 13.2 Å². The molecule has 1 aromatic rings. The smallest absolute Gasteiger partial charge is 0.250 e. The normalized spacial score (nSPS) is 23.1. The lowest BCUT2D eigenvalue weighted by Crippen LogP contribution is -2.35. The van der Waals surface area contributed by atoms with Gasteiger partial charge in [-0.25, -0.2) is 13.1 Å². The van der Waals surface area contributed by atoms with E-state index in [-0.39, 0.29) is 11.8 Å². The first-order valence-corrected chi connectivity index (χ1v) is 10.7. The molecule has 0 radical (unpaired) electrons. The summed E-state index contributed by atoms with van der Waals surface area (Å²) >= 11 is 1.32. The van der Waals surface area contributed by atoms with Crippen LogP contribution in [0.15, 0.2) is 16.3 Å². The second-order valence-electron chi connectivity index (χ2n) is 6.48. The average Bonchev–Trinajstić information content (AvgIpc) is 3.25. The topological polar surface area (TPSA) is 66.5 Å². The Kier molecular flexibility index (Phi) is 5.08. The molecule has 2 heterocycles. The van der Waals surface area contributed by atoms with Gasteiger partial charge in [0.25, 0.3) is 0 Å². The van der Waals surface area contributed by atoms with Crippen LogP contribution in [0.4, 0.5) is 0 Å². The Hall–Kier alpha value is -0.920. The average molecular weight is 357 g/mol. The quantitative estimate of drug-likeness (QED) is 0.851. The van der Waals surface area contributed by atoms with Crippen LogP contribution in [0.2, 0.25) is 0 Å². The number of aryl methyl sites for hydroxylation is 1. The minimum atomic E-state index is -3.45. The number of carbonyl (C=O) groups is 1. The Balaban J connectivity index is 1.57. The van der Waals surface area contributed by atoms with E-state index in [1.807, 2.05) is 17.9 Å². The first-order chi connectivity index (χ1) is 11.0. The van der Waals surface area contributed by atoms with Crippen molar-refractivity contribution in [3.05, 3.63) is 17.0 Å². The third-order valence-electron chi connectivity index (χ3n) is 4.82. The molecule has 1 aromatic heterocycles. The predicted molar refractivity (Wildman–Crippen MR) is 91.0 cm³/mol. The Bertz CT molecular complexity index is 663. The fourth-order valence-electron chi connectivity index (χ4n) is 3.51. The number of hydrogen-bond acceptors (Lipinski definition) is 4. The largest absolute Gasteiger partial charge is 0.339 e. The molecular weight excluding hydrogens is 332 g/mol. The van der Waals surface area contributed by atoms with Crippen LogP contribution >= 0.6 is 11.3 Å². The summed E-state index contributed by atoms with van der Waals surface area (Å²) in [6.07, 6.45) is 5.89. The summed E-state index contributed by atoms with van der Waals surface area (Å²) in [4.78, 5) is 15.2. The van der Waals surface area contributed by atoms with Gasteiger partial charge in [-0.05, 0) is 37.3 Å². The zero-order valence-corrected chi connectivity index (χ0v) is 15.1. The molecule has 1 amide bonds. The van der Waals surface area contributed by atoms with Gasteiger partial charge in [-0.3, -0.25) is 4.79 Å². The van der Waals surface area contributed by atoms with Gasteiger partial charge in [0.2, 0.25) is 15.9 Å². The number of likely N-dealkylation sites (tertiary alicyclic amines) is 1. The molecule has 0 spiro atoms. The van der Waals surface area contributed by atoms with E-state index in [2.05, 4.69) is 4.72 Å². The summed E-state index contributed by atoms with van der Waals surface area (Å²) in [6.45, 7) is 3.05. The fourth-order valence-corrected chi connectivity index (χ4v) is 5.96. The Labute approximate surface area is 142 Å². The van der Waals surface area contributed by atoms with Crippen molar-refractivity contribution in [1.29, 1.82) is 0 Å². The predicted octanol–water partition coefficient (Wildman–Crippen LogP) is 2.38. The fraction of sp³-hybridized carbons (Fsp3) is 0.688. The molecule has 1 aliphatic carbocycles. The van der Waals surface area contributed by atoms with E-state index in [1.54, 1.807) is 6.07 Å². The van der Waals surface area contributed by atoms with Crippen molar-refractivity contribution in [2.45, 2.75) is 55.7 Å². The maximum absolute atomic E-state index is 12.3. The minimum Gasteiger partial charge on any atom is -0.339 e. The first-order valence-electron chi connectivity index (χ1n) is 8.37. The molecule has 23 heavy (non-hydrogen) atoms. The van der Waals surface area contributed by atoms with E-state index in [0.29, 0.717) is 29.8 Å². The summed E-state index contributed by atoms with van der Waals surface area (Å²) in [6, 6.07) is 3.91. The van der Waals surface area contributed by atoms with E-state index >= 15 is 0 Å². The molecule has 3 rings (SSSR count). The van der Waals surface area contributed by atoms with Gasteiger partial charge in [0, 0.05) is 30.4 Å². The van der Waals surface area contributed by atoms with E-state index in [0.717, 1.165) is 24.1 Å². The number of hydrogen-bond donors (Lipinski definition) is 1. The van der Waals surface area contributed by atoms with Gasteiger partial charge in [-0.2, -0.15) is 0 Å². The van der Waals surface area contributed by atoms with Gasteiger partial charge < -0.3 is 4.90 Å². The van der Waals surface area contributed by atoms with E-state index in [4.69, 9.17) is 0 Å². The lowest BCUT2D eigenvalue weighted by atomic mass is 10.1. The van der Waals surface area contributed by atoms with Crippen molar-refractivity contribution in [3.63, 3.8) is 0 Å². The number of nitrogens with one attached hydrogen (secondary N) is 1. The molecule has 0 unspecified atom stereocenters. The molecule has 2 aliphatic rings. The highest BCUT2D eigenvalue weighted by atomic mass is 32.2. The number of carbonyl (C=O) groups excluding carboxylic acids is 1. The molecule has 1 saturated carbocycles. The molecule has 1 saturated heterocycles. The zero-order valence-electron chi connectivity index (χ0n) is 13.5. The van der Waals surface area contributed by atoms with Gasteiger partial charge in [0.05, 0.1) is 0 Å². The van der Waals surface area contributed by atoms with E-state index in [9.17, 15) is 13.2 Å². The lowest BCUT2D eigenvalue weighted by Gasteiger charge is -2.24. The number of thiophene rings is 1. The number of nitrogens with zero attached hydrogens (tertiary/aromatic N) is 1. The van der Waals surface area contributed by atoms with E-state index < -0.39 is 10.0 Å². The van der Waals surface area contributed by atoms with Crippen molar-refractivity contribution in [2.24, 2.45) is 5.92 Å².